The molecule has 0 N–H and O–H groups in total. The van der Waals surface area contributed by atoms with Crippen molar-refractivity contribution in [3.05, 3.63) is 137 Å². The first-order valence-corrected chi connectivity index (χ1v) is 16.9. The minimum Gasteiger partial charge on any atom is -0.496 e. The molecule has 2 heterocycles. The lowest BCUT2D eigenvalue weighted by atomic mass is 9.90. The van der Waals surface area contributed by atoms with E-state index in [2.05, 4.69) is 0 Å². The van der Waals surface area contributed by atoms with Gasteiger partial charge in [-0.1, -0.05) is 72.0 Å². The van der Waals surface area contributed by atoms with Gasteiger partial charge in [0.05, 0.1) is 46.6 Å². The summed E-state index contributed by atoms with van der Waals surface area (Å²) in [4.78, 5) is 47.4. The van der Waals surface area contributed by atoms with E-state index < -0.39 is 16.5 Å². The maximum Gasteiger partial charge on any atom is 0.280 e. The number of fused-ring (bicyclic) bond motifs is 2. The average molecular weight is 693 g/mol. The van der Waals surface area contributed by atoms with Crippen LogP contribution in [0.1, 0.15) is 43.5 Å². The van der Waals surface area contributed by atoms with Crippen molar-refractivity contribution >= 4 is 39.8 Å². The topological polar surface area (TPSA) is 126 Å². The fourth-order valence-corrected chi connectivity index (χ4v) is 7.31. The van der Waals surface area contributed by atoms with E-state index in [1.807, 2.05) is 80.6 Å². The average Bonchev–Trinajstić information content (AvgIpc) is 3.43. The van der Waals surface area contributed by atoms with Crippen molar-refractivity contribution < 1.29 is 23.9 Å². The molecule has 1 aromatic heterocycles. The zero-order valence-electron chi connectivity index (χ0n) is 28.3. The summed E-state index contributed by atoms with van der Waals surface area (Å²) >= 11 is 1.09. The molecule has 5 aromatic rings. The second-order valence-electron chi connectivity index (χ2n) is 11.6. The highest BCUT2D eigenvalue weighted by Gasteiger charge is 2.37. The lowest BCUT2D eigenvalue weighted by Crippen LogP contribution is -2.43. The van der Waals surface area contributed by atoms with E-state index in [-0.39, 0.29) is 39.8 Å². The highest BCUT2D eigenvalue weighted by atomic mass is 32.1. The van der Waals surface area contributed by atoms with Gasteiger partial charge in [-0.3, -0.25) is 24.3 Å². The van der Waals surface area contributed by atoms with Gasteiger partial charge in [0.25, 0.3) is 17.2 Å². The Morgan fingerprint density at radius 3 is 2.36 bits per heavy atom. The second kappa shape index (κ2) is 14.4. The third kappa shape index (κ3) is 6.25. The van der Waals surface area contributed by atoms with E-state index in [0.717, 1.165) is 27.7 Å². The molecule has 1 amide bonds. The molecule has 1 aliphatic heterocycles. The molecule has 6 rings (SSSR count). The number of thiazole rings is 1. The first kappa shape index (κ1) is 34.1. The van der Waals surface area contributed by atoms with Crippen LogP contribution in [-0.2, 0) is 11.4 Å². The van der Waals surface area contributed by atoms with Gasteiger partial charge in [-0.2, -0.15) is 0 Å². The van der Waals surface area contributed by atoms with E-state index in [1.165, 1.54) is 29.9 Å². The molecule has 1 atom stereocenters. The fourth-order valence-electron chi connectivity index (χ4n) is 6.27. The molecule has 0 bridgehead atoms. The van der Waals surface area contributed by atoms with Gasteiger partial charge >= 0.3 is 0 Å². The summed E-state index contributed by atoms with van der Waals surface area (Å²) in [5.41, 5.74) is 1.80. The summed E-state index contributed by atoms with van der Waals surface area (Å²) in [6, 6.07) is 22.8. The fraction of sp³-hybridized carbons (Fsp3) is 0.237. The Balaban J connectivity index is 1.57. The van der Waals surface area contributed by atoms with Gasteiger partial charge in [0.2, 0.25) is 0 Å². The molecule has 256 valence electrons. The van der Waals surface area contributed by atoms with Gasteiger partial charge in [0, 0.05) is 18.7 Å². The van der Waals surface area contributed by atoms with Crippen molar-refractivity contribution in [1.29, 1.82) is 0 Å². The van der Waals surface area contributed by atoms with Crippen LogP contribution in [0.3, 0.4) is 0 Å². The van der Waals surface area contributed by atoms with Crippen molar-refractivity contribution in [1.82, 2.24) is 9.47 Å². The van der Waals surface area contributed by atoms with Gasteiger partial charge in [-0.15, -0.1) is 0 Å². The quantitative estimate of drug-likeness (QED) is 0.127. The Hall–Kier alpha value is -5.75. The second-order valence-corrected chi connectivity index (χ2v) is 12.6. The molecule has 0 saturated heterocycles. The summed E-state index contributed by atoms with van der Waals surface area (Å²) < 4.78 is 19.1. The molecule has 50 heavy (non-hydrogen) atoms. The number of nitro benzene ring substituents is 1. The number of methoxy groups -OCH3 is 2. The molecular weight excluding hydrogens is 657 g/mol. The molecular formula is C38H36N4O7S. The zero-order valence-corrected chi connectivity index (χ0v) is 29.2. The van der Waals surface area contributed by atoms with E-state index in [0.29, 0.717) is 40.5 Å². The number of rotatable bonds is 11. The molecule has 0 spiro atoms. The highest BCUT2D eigenvalue weighted by molar-refractivity contribution is 7.07. The van der Waals surface area contributed by atoms with Crippen LogP contribution in [0.5, 0.6) is 17.2 Å². The van der Waals surface area contributed by atoms with Crippen LogP contribution in [0.15, 0.2) is 99.9 Å². The summed E-state index contributed by atoms with van der Waals surface area (Å²) in [6.45, 7) is 6.68. The summed E-state index contributed by atoms with van der Waals surface area (Å²) in [5.74, 6) is 0.734. The van der Waals surface area contributed by atoms with Crippen LogP contribution in [0.2, 0.25) is 0 Å². The number of aromatic nitrogens is 1. The summed E-state index contributed by atoms with van der Waals surface area (Å²) in [6.07, 6.45) is 1.47. The monoisotopic (exact) mass is 692 g/mol. The van der Waals surface area contributed by atoms with Gasteiger partial charge < -0.3 is 19.1 Å². The number of amides is 1. The molecule has 0 saturated carbocycles. The number of carbonyl (C=O) groups excluding carboxylic acids is 1. The Morgan fingerprint density at radius 2 is 1.68 bits per heavy atom. The minimum atomic E-state index is -0.888. The first-order chi connectivity index (χ1) is 24.2. The van der Waals surface area contributed by atoms with Crippen molar-refractivity contribution in [2.45, 2.75) is 33.4 Å². The van der Waals surface area contributed by atoms with Gasteiger partial charge in [-0.25, -0.2) is 4.99 Å². The van der Waals surface area contributed by atoms with E-state index in [1.54, 1.807) is 18.9 Å². The summed E-state index contributed by atoms with van der Waals surface area (Å²) in [7, 11) is 3.00. The van der Waals surface area contributed by atoms with Crippen LogP contribution >= 0.6 is 11.3 Å². The summed E-state index contributed by atoms with van der Waals surface area (Å²) in [5, 5.41) is 14.1. The number of nitrogens with zero attached hydrogens (tertiary/aromatic N) is 4. The zero-order chi connectivity index (χ0) is 35.5. The lowest BCUT2D eigenvalue weighted by molar-refractivity contribution is -0.385. The van der Waals surface area contributed by atoms with Crippen molar-refractivity contribution in [3.8, 4) is 17.2 Å². The third-order valence-corrected chi connectivity index (χ3v) is 9.74. The highest BCUT2D eigenvalue weighted by Crippen LogP contribution is 2.41. The van der Waals surface area contributed by atoms with E-state index >= 15 is 0 Å². The number of benzene rings is 4. The largest absolute Gasteiger partial charge is 0.496 e. The number of hydrogen-bond donors (Lipinski definition) is 0. The lowest BCUT2D eigenvalue weighted by Gasteiger charge is -2.30. The standard InChI is InChI=1S/C38H36N4O7S/c1-6-40(7-2)37(44)33-23(3)39-38-41(35(33)34-27-16-12-11-15-25(27)17-18-29(34)47-4)36(43)32(50-38)20-26-19-30(48-5)31(21-28(26)42(45)46)49-22-24-13-9-8-10-14-24/h8-21,35H,6-7,22H2,1-5H3/b32-20+/t35-/m1/s1. The van der Waals surface area contributed by atoms with Crippen LogP contribution < -0.4 is 29.1 Å². The maximum absolute atomic E-state index is 14.6. The third-order valence-electron chi connectivity index (χ3n) is 8.76. The van der Waals surface area contributed by atoms with Crippen molar-refractivity contribution in [3.63, 3.8) is 0 Å². The number of nitro groups is 1. The van der Waals surface area contributed by atoms with Crippen LogP contribution in [-0.4, -0.2) is 47.6 Å². The predicted molar refractivity (Wildman–Crippen MR) is 193 cm³/mol. The number of carbonyl (C=O) groups is 1. The Kier molecular flexibility index (Phi) is 9.82. The normalized spacial score (nSPS) is 14.3. The molecule has 0 unspecified atom stereocenters. The number of allylic oxidation sites excluding steroid dienone is 1. The number of ether oxygens (including phenoxy) is 3. The van der Waals surface area contributed by atoms with Crippen LogP contribution in [0, 0.1) is 10.1 Å². The van der Waals surface area contributed by atoms with Gasteiger partial charge in [0.1, 0.15) is 18.4 Å². The van der Waals surface area contributed by atoms with E-state index in [9.17, 15) is 19.7 Å². The Labute approximate surface area is 292 Å². The number of hydrogen-bond acceptors (Lipinski definition) is 9. The first-order valence-electron chi connectivity index (χ1n) is 16.1. The molecule has 1 aliphatic rings. The van der Waals surface area contributed by atoms with Crippen molar-refractivity contribution in [2.24, 2.45) is 4.99 Å². The maximum atomic E-state index is 14.6. The van der Waals surface area contributed by atoms with E-state index in [4.69, 9.17) is 19.2 Å². The molecule has 0 fully saturated rings. The Morgan fingerprint density at radius 1 is 0.980 bits per heavy atom. The number of likely N-dealkylation sites (N-methyl/N-ethyl adjacent to an activating group) is 1. The van der Waals surface area contributed by atoms with Gasteiger partial charge in [-0.05, 0) is 55.3 Å². The van der Waals surface area contributed by atoms with Crippen LogP contribution in [0.25, 0.3) is 16.8 Å². The predicted octanol–water partition coefficient (Wildman–Crippen LogP) is 5.76. The molecule has 4 aromatic carbocycles. The minimum absolute atomic E-state index is 0.152. The smallest absolute Gasteiger partial charge is 0.280 e. The van der Waals surface area contributed by atoms with Crippen LogP contribution in [0.4, 0.5) is 5.69 Å². The van der Waals surface area contributed by atoms with Crippen molar-refractivity contribution in [2.75, 3.05) is 27.3 Å². The molecule has 11 nitrogen and oxygen atoms in total. The SMILES string of the molecule is CCN(CC)C(=O)C1=C(C)N=c2s/c(=C/c3cc(OC)c(OCc4ccccc4)cc3[N+](=O)[O-])c(=O)n2[C@H]1c1c(OC)ccc2ccccc12. The molecule has 12 heteroatoms. The molecule has 0 aliphatic carbocycles. The van der Waals surface area contributed by atoms with Gasteiger partial charge in [0.15, 0.2) is 16.3 Å². The molecule has 0 radical (unpaired) electrons. The Bertz CT molecular complexity index is 2330.